The lowest BCUT2D eigenvalue weighted by Gasteiger charge is -2.39. The van der Waals surface area contributed by atoms with Crippen LogP contribution in [-0.2, 0) is 0 Å². The number of hydrogen-bond acceptors (Lipinski definition) is 4. The van der Waals surface area contributed by atoms with Gasteiger partial charge < -0.3 is 4.90 Å². The number of aromatic amines is 1. The van der Waals surface area contributed by atoms with Crippen molar-refractivity contribution in [3.8, 4) is 11.3 Å². The van der Waals surface area contributed by atoms with Gasteiger partial charge >= 0.3 is 0 Å². The van der Waals surface area contributed by atoms with Gasteiger partial charge in [-0.25, -0.2) is 4.98 Å². The van der Waals surface area contributed by atoms with Crippen molar-refractivity contribution < 1.29 is 0 Å². The molecule has 0 aliphatic carbocycles. The van der Waals surface area contributed by atoms with E-state index in [9.17, 15) is 0 Å². The molecule has 0 radical (unpaired) electrons. The minimum Gasteiger partial charge on any atom is -0.354 e. The molecule has 1 aromatic carbocycles. The highest BCUT2D eigenvalue weighted by atomic mass is 15.3. The molecule has 110 valence electrons. The molecule has 1 aliphatic rings. The zero-order valence-corrected chi connectivity index (χ0v) is 12.4. The molecule has 22 heavy (non-hydrogen) atoms. The number of aryl methyl sites for hydroxylation is 1. The number of nitrogens with zero attached hydrogens (tertiary/aromatic N) is 4. The Kier molecular flexibility index (Phi) is 3.11. The number of anilines is 1. The van der Waals surface area contributed by atoms with Crippen LogP contribution in [0.2, 0.25) is 0 Å². The van der Waals surface area contributed by atoms with Gasteiger partial charge in [-0.05, 0) is 13.0 Å². The Morgan fingerprint density at radius 1 is 1.14 bits per heavy atom. The summed E-state index contributed by atoms with van der Waals surface area (Å²) in [7, 11) is 0. The Bertz CT molecular complexity index is 757. The highest BCUT2D eigenvalue weighted by Crippen LogP contribution is 2.30. The average molecular weight is 291 g/mol. The molecule has 3 heterocycles. The molecule has 0 unspecified atom stereocenters. The first kappa shape index (κ1) is 13.0. The van der Waals surface area contributed by atoms with Crippen LogP contribution in [0.25, 0.3) is 11.3 Å². The molecule has 1 aliphatic heterocycles. The van der Waals surface area contributed by atoms with E-state index in [1.807, 2.05) is 0 Å². The lowest BCUT2D eigenvalue weighted by Crippen LogP contribution is -2.45. The molecule has 0 amide bonds. The molecule has 1 N–H and O–H groups in total. The van der Waals surface area contributed by atoms with E-state index in [-0.39, 0.29) is 0 Å². The molecule has 5 heteroatoms. The second-order valence-electron chi connectivity index (χ2n) is 5.74. The zero-order valence-electron chi connectivity index (χ0n) is 12.4. The molecule has 0 atom stereocenters. The van der Waals surface area contributed by atoms with Gasteiger partial charge in [0, 0.05) is 42.7 Å². The summed E-state index contributed by atoms with van der Waals surface area (Å²) in [6, 6.07) is 10.6. The second kappa shape index (κ2) is 5.26. The fourth-order valence-corrected chi connectivity index (χ4v) is 2.73. The third-order valence-electron chi connectivity index (χ3n) is 4.14. The molecule has 0 spiro atoms. The maximum Gasteiger partial charge on any atom is 0.147 e. The summed E-state index contributed by atoms with van der Waals surface area (Å²) >= 11 is 0. The van der Waals surface area contributed by atoms with Crippen LogP contribution < -0.4 is 4.90 Å². The van der Waals surface area contributed by atoms with E-state index < -0.39 is 0 Å². The Labute approximate surface area is 129 Å². The van der Waals surface area contributed by atoms with E-state index in [4.69, 9.17) is 0 Å². The minimum atomic E-state index is 0.480. The molecule has 0 bridgehead atoms. The van der Waals surface area contributed by atoms with Gasteiger partial charge in [-0.1, -0.05) is 29.8 Å². The van der Waals surface area contributed by atoms with Crippen LogP contribution in [0, 0.1) is 6.92 Å². The Balaban J connectivity index is 1.46. The molecule has 3 aromatic rings. The molecule has 1 saturated heterocycles. The van der Waals surface area contributed by atoms with Crippen molar-refractivity contribution >= 4 is 5.82 Å². The van der Waals surface area contributed by atoms with Crippen LogP contribution in [0.1, 0.15) is 17.2 Å². The third-order valence-corrected chi connectivity index (χ3v) is 4.14. The smallest absolute Gasteiger partial charge is 0.147 e. The van der Waals surface area contributed by atoms with Crippen molar-refractivity contribution in [1.29, 1.82) is 0 Å². The molecule has 2 aromatic heterocycles. The highest BCUT2D eigenvalue weighted by Gasteiger charge is 2.30. The van der Waals surface area contributed by atoms with Crippen LogP contribution >= 0.6 is 0 Å². The summed E-state index contributed by atoms with van der Waals surface area (Å²) in [4.78, 5) is 10.7. The quantitative estimate of drug-likeness (QED) is 0.806. The van der Waals surface area contributed by atoms with E-state index in [0.717, 1.165) is 30.2 Å². The lowest BCUT2D eigenvalue weighted by atomic mass is 9.96. The normalized spacial score (nSPS) is 14.9. The Morgan fingerprint density at radius 2 is 1.95 bits per heavy atom. The van der Waals surface area contributed by atoms with Gasteiger partial charge in [0.1, 0.15) is 5.82 Å². The number of H-pyrrole nitrogens is 1. The van der Waals surface area contributed by atoms with Crippen molar-refractivity contribution in [2.75, 3.05) is 18.0 Å². The third kappa shape index (κ3) is 2.35. The number of nitrogens with one attached hydrogen (secondary N) is 1. The summed E-state index contributed by atoms with van der Waals surface area (Å²) in [5.74, 6) is 1.42. The average Bonchev–Trinajstić information content (AvgIpc) is 2.97. The van der Waals surface area contributed by atoms with E-state index >= 15 is 0 Å². The second-order valence-corrected chi connectivity index (χ2v) is 5.74. The molecule has 0 saturated carbocycles. The van der Waals surface area contributed by atoms with Crippen LogP contribution in [0.5, 0.6) is 0 Å². The van der Waals surface area contributed by atoms with Crippen molar-refractivity contribution in [2.24, 2.45) is 0 Å². The summed E-state index contributed by atoms with van der Waals surface area (Å²) < 4.78 is 0. The number of aromatic nitrogens is 4. The molecule has 4 rings (SSSR count). The maximum absolute atomic E-state index is 4.45. The summed E-state index contributed by atoms with van der Waals surface area (Å²) in [6.45, 7) is 4.00. The van der Waals surface area contributed by atoms with Gasteiger partial charge in [-0.3, -0.25) is 10.1 Å². The Hall–Kier alpha value is -2.69. The van der Waals surface area contributed by atoms with E-state index in [0.29, 0.717) is 5.92 Å². The van der Waals surface area contributed by atoms with Crippen LogP contribution in [0.15, 0.2) is 48.9 Å². The minimum absolute atomic E-state index is 0.480. The predicted molar refractivity (Wildman–Crippen MR) is 85.7 cm³/mol. The van der Waals surface area contributed by atoms with Crippen LogP contribution in [-0.4, -0.2) is 33.3 Å². The first-order chi connectivity index (χ1) is 10.8. The number of rotatable bonds is 3. The zero-order chi connectivity index (χ0) is 14.9. The molecular weight excluding hydrogens is 274 g/mol. The highest BCUT2D eigenvalue weighted by molar-refractivity contribution is 5.60. The first-order valence-electron chi connectivity index (χ1n) is 7.43. The van der Waals surface area contributed by atoms with Crippen molar-refractivity contribution in [3.05, 3.63) is 60.2 Å². The lowest BCUT2D eigenvalue weighted by molar-refractivity contribution is 0.507. The van der Waals surface area contributed by atoms with E-state index in [2.05, 4.69) is 62.3 Å². The van der Waals surface area contributed by atoms with Gasteiger partial charge in [0.05, 0.1) is 11.9 Å². The Morgan fingerprint density at radius 3 is 2.68 bits per heavy atom. The summed E-state index contributed by atoms with van der Waals surface area (Å²) in [6.07, 6.45) is 5.23. The number of hydrogen-bond donors (Lipinski definition) is 1. The topological polar surface area (TPSA) is 57.7 Å². The fraction of sp³-hybridized carbons (Fsp3) is 0.235. The molecular formula is C17H17N5. The van der Waals surface area contributed by atoms with Gasteiger partial charge in [0.15, 0.2) is 0 Å². The monoisotopic (exact) mass is 291 g/mol. The summed E-state index contributed by atoms with van der Waals surface area (Å²) in [5.41, 5.74) is 4.61. The SMILES string of the molecule is Cc1ccc(-c2cc(C3CN(c4cnccn4)C3)[nH]n2)cc1. The van der Waals surface area contributed by atoms with Crippen molar-refractivity contribution in [3.63, 3.8) is 0 Å². The standard InChI is InChI=1S/C17H17N5/c1-12-2-4-13(5-3-12)15-8-16(21-20-15)14-10-22(11-14)17-9-18-6-7-19-17/h2-9,14H,10-11H2,1H3,(H,20,21). The van der Waals surface area contributed by atoms with E-state index in [1.165, 1.54) is 11.3 Å². The fourth-order valence-electron chi connectivity index (χ4n) is 2.73. The molecule has 1 fully saturated rings. The predicted octanol–water partition coefficient (Wildman–Crippen LogP) is 2.78. The number of benzene rings is 1. The first-order valence-corrected chi connectivity index (χ1v) is 7.43. The van der Waals surface area contributed by atoms with Crippen molar-refractivity contribution in [1.82, 2.24) is 20.2 Å². The summed E-state index contributed by atoms with van der Waals surface area (Å²) in [5, 5.41) is 7.63. The van der Waals surface area contributed by atoms with Gasteiger partial charge in [-0.15, -0.1) is 0 Å². The largest absolute Gasteiger partial charge is 0.354 e. The van der Waals surface area contributed by atoms with E-state index in [1.54, 1.807) is 18.6 Å². The van der Waals surface area contributed by atoms with Gasteiger partial charge in [0.2, 0.25) is 0 Å². The van der Waals surface area contributed by atoms with Crippen LogP contribution in [0.3, 0.4) is 0 Å². The van der Waals surface area contributed by atoms with Gasteiger partial charge in [0.25, 0.3) is 0 Å². The van der Waals surface area contributed by atoms with Crippen molar-refractivity contribution in [2.45, 2.75) is 12.8 Å². The molecule has 5 nitrogen and oxygen atoms in total. The van der Waals surface area contributed by atoms with Crippen LogP contribution in [0.4, 0.5) is 5.82 Å². The van der Waals surface area contributed by atoms with Gasteiger partial charge in [-0.2, -0.15) is 5.10 Å². The maximum atomic E-state index is 4.45.